The number of ether oxygens (including phenoxy) is 3. The average Bonchev–Trinajstić information content (AvgIpc) is 2.89. The second-order valence-electron chi connectivity index (χ2n) is 8.33. The summed E-state index contributed by atoms with van der Waals surface area (Å²) in [6.07, 6.45) is 2.53. The Hall–Kier alpha value is -3.16. The molecule has 0 amide bonds. The molecule has 0 N–H and O–H groups in total. The topological polar surface area (TPSA) is 57.2 Å². The van der Waals surface area contributed by atoms with Gasteiger partial charge in [0, 0.05) is 29.6 Å². The zero-order valence-electron chi connectivity index (χ0n) is 19.3. The van der Waals surface area contributed by atoms with Gasteiger partial charge >= 0.3 is 0 Å². The summed E-state index contributed by atoms with van der Waals surface area (Å²) in [5.41, 5.74) is 4.93. The lowest BCUT2D eigenvalue weighted by Crippen LogP contribution is -2.39. The third-order valence-corrected chi connectivity index (χ3v) is 7.20. The molecule has 3 aromatic carbocycles. The van der Waals surface area contributed by atoms with Crippen molar-refractivity contribution in [3.05, 3.63) is 76.9 Å². The molecule has 0 radical (unpaired) electrons. The van der Waals surface area contributed by atoms with Gasteiger partial charge in [-0.2, -0.15) is 0 Å². The molecule has 0 bridgehead atoms. The molecule has 0 fully saturated rings. The Morgan fingerprint density at radius 1 is 1.00 bits per heavy atom. The Kier molecular flexibility index (Phi) is 6.65. The van der Waals surface area contributed by atoms with Gasteiger partial charge in [0.25, 0.3) is 0 Å². The summed E-state index contributed by atoms with van der Waals surface area (Å²) in [7, 11) is 3.31. The lowest BCUT2D eigenvalue weighted by Gasteiger charge is -2.42. The third-order valence-electron chi connectivity index (χ3n) is 6.48. The molecule has 0 aliphatic carbocycles. The van der Waals surface area contributed by atoms with E-state index in [0.29, 0.717) is 11.5 Å². The van der Waals surface area contributed by atoms with Crippen molar-refractivity contribution in [1.29, 1.82) is 0 Å². The molecule has 0 saturated carbocycles. The van der Waals surface area contributed by atoms with Crippen LogP contribution in [0.1, 0.15) is 28.3 Å². The van der Waals surface area contributed by atoms with Crippen LogP contribution in [0.25, 0.3) is 0 Å². The number of hydrogen-bond acceptors (Lipinski definition) is 7. The van der Waals surface area contributed by atoms with Crippen LogP contribution in [0.2, 0.25) is 0 Å². The van der Waals surface area contributed by atoms with Crippen LogP contribution in [-0.4, -0.2) is 38.6 Å². The van der Waals surface area contributed by atoms with E-state index in [-0.39, 0.29) is 12.6 Å². The average molecular weight is 478 g/mol. The van der Waals surface area contributed by atoms with Crippen LogP contribution in [0.15, 0.2) is 59.5 Å². The zero-order chi connectivity index (χ0) is 23.5. The van der Waals surface area contributed by atoms with E-state index in [1.807, 2.05) is 42.5 Å². The highest BCUT2D eigenvalue weighted by Crippen LogP contribution is 2.46. The molecule has 7 heteroatoms. The molecule has 6 nitrogen and oxygen atoms in total. The monoisotopic (exact) mass is 477 g/mol. The SMILES string of the molecule is COc1cc2c(cc1OCC=O)C1Cc3ccc(OC)c(OSc4ccccc4)c3CN1CC2. The first-order valence-corrected chi connectivity index (χ1v) is 12.1. The molecule has 0 spiro atoms. The molecule has 2 heterocycles. The van der Waals surface area contributed by atoms with Crippen LogP contribution in [0.5, 0.6) is 23.0 Å². The standard InChI is InChI=1S/C27H27NO5S/c1-30-24-9-8-18-14-23-21-16-26(32-13-12-29)25(31-2)15-19(21)10-11-28(23)17-22(18)27(24)33-34-20-6-4-3-5-7-20/h3-9,12,15-16,23H,10-11,13-14,17H2,1-2H3. The summed E-state index contributed by atoms with van der Waals surface area (Å²) in [5.74, 6) is 2.82. The predicted molar refractivity (Wildman–Crippen MR) is 131 cm³/mol. The van der Waals surface area contributed by atoms with Gasteiger partial charge in [-0.1, -0.05) is 24.3 Å². The second-order valence-corrected chi connectivity index (χ2v) is 9.14. The molecule has 34 heavy (non-hydrogen) atoms. The van der Waals surface area contributed by atoms with E-state index in [9.17, 15) is 4.79 Å². The van der Waals surface area contributed by atoms with E-state index in [0.717, 1.165) is 48.6 Å². The summed E-state index contributed by atoms with van der Waals surface area (Å²) >= 11 is 1.35. The molecular formula is C27H27NO5S. The third kappa shape index (κ3) is 4.33. The van der Waals surface area contributed by atoms with Crippen molar-refractivity contribution in [2.24, 2.45) is 0 Å². The van der Waals surface area contributed by atoms with E-state index >= 15 is 0 Å². The summed E-state index contributed by atoms with van der Waals surface area (Å²) < 4.78 is 23.1. The highest BCUT2D eigenvalue weighted by Gasteiger charge is 2.35. The normalized spacial score (nSPS) is 16.6. The summed E-state index contributed by atoms with van der Waals surface area (Å²) in [6, 6.07) is 18.5. The van der Waals surface area contributed by atoms with E-state index in [1.165, 1.54) is 34.3 Å². The van der Waals surface area contributed by atoms with Crippen LogP contribution >= 0.6 is 12.0 Å². The zero-order valence-corrected chi connectivity index (χ0v) is 20.1. The lowest BCUT2D eigenvalue weighted by molar-refractivity contribution is -0.109. The maximum Gasteiger partial charge on any atom is 0.184 e. The molecule has 2 aliphatic rings. The molecule has 0 aromatic heterocycles. The van der Waals surface area contributed by atoms with Gasteiger partial charge in [-0.05, 0) is 59.9 Å². The quantitative estimate of drug-likeness (QED) is 0.333. The predicted octanol–water partition coefficient (Wildman–Crippen LogP) is 5.02. The van der Waals surface area contributed by atoms with Gasteiger partial charge in [-0.25, -0.2) is 0 Å². The molecule has 5 rings (SSSR count). The van der Waals surface area contributed by atoms with E-state index in [1.54, 1.807) is 14.2 Å². The number of rotatable bonds is 8. The minimum atomic E-state index is 0.00589. The first-order chi connectivity index (χ1) is 16.7. The highest BCUT2D eigenvalue weighted by molar-refractivity contribution is 7.95. The van der Waals surface area contributed by atoms with Gasteiger partial charge in [0.1, 0.15) is 6.61 Å². The molecule has 176 valence electrons. The van der Waals surface area contributed by atoms with Crippen molar-refractivity contribution in [1.82, 2.24) is 4.90 Å². The number of carbonyl (C=O) groups excluding carboxylic acids is 1. The van der Waals surface area contributed by atoms with Crippen molar-refractivity contribution in [2.45, 2.75) is 30.3 Å². The number of aldehydes is 1. The van der Waals surface area contributed by atoms with Crippen molar-refractivity contribution in [3.63, 3.8) is 0 Å². The van der Waals surface area contributed by atoms with Crippen molar-refractivity contribution < 1.29 is 23.2 Å². The fourth-order valence-electron chi connectivity index (χ4n) is 4.83. The number of hydrogen-bond donors (Lipinski definition) is 0. The Balaban J connectivity index is 1.47. The first kappa shape index (κ1) is 22.6. The number of carbonyl (C=O) groups is 1. The largest absolute Gasteiger partial charge is 0.493 e. The molecule has 1 atom stereocenters. The fourth-order valence-corrected chi connectivity index (χ4v) is 5.46. The van der Waals surface area contributed by atoms with Crippen molar-refractivity contribution in [2.75, 3.05) is 27.4 Å². The number of nitrogens with zero attached hydrogens (tertiary/aromatic N) is 1. The lowest BCUT2D eigenvalue weighted by atomic mass is 9.83. The van der Waals surface area contributed by atoms with Crippen LogP contribution in [0.3, 0.4) is 0 Å². The Morgan fingerprint density at radius 2 is 1.82 bits per heavy atom. The van der Waals surface area contributed by atoms with Crippen LogP contribution < -0.4 is 18.4 Å². The van der Waals surface area contributed by atoms with Gasteiger partial charge in [-0.3, -0.25) is 9.69 Å². The van der Waals surface area contributed by atoms with Crippen LogP contribution in [-0.2, 0) is 24.2 Å². The minimum absolute atomic E-state index is 0.00589. The molecule has 3 aromatic rings. The van der Waals surface area contributed by atoms with Gasteiger partial charge in [0.05, 0.1) is 26.3 Å². The summed E-state index contributed by atoms with van der Waals surface area (Å²) in [4.78, 5) is 14.4. The number of methoxy groups -OCH3 is 2. The van der Waals surface area contributed by atoms with Gasteiger partial charge in [0.2, 0.25) is 0 Å². The molecule has 1 unspecified atom stereocenters. The maximum absolute atomic E-state index is 10.9. The fraction of sp³-hybridized carbons (Fsp3) is 0.296. The number of fused-ring (bicyclic) bond motifs is 4. The first-order valence-electron chi connectivity index (χ1n) is 11.3. The molecule has 0 saturated heterocycles. The molecule has 2 aliphatic heterocycles. The van der Waals surface area contributed by atoms with E-state index in [4.69, 9.17) is 18.4 Å². The van der Waals surface area contributed by atoms with E-state index < -0.39 is 0 Å². The second kappa shape index (κ2) is 9.99. The summed E-state index contributed by atoms with van der Waals surface area (Å²) in [5, 5.41) is 0. The summed E-state index contributed by atoms with van der Waals surface area (Å²) in [6.45, 7) is 1.72. The van der Waals surface area contributed by atoms with Crippen molar-refractivity contribution >= 4 is 18.3 Å². The van der Waals surface area contributed by atoms with Gasteiger partial charge in [0.15, 0.2) is 29.3 Å². The minimum Gasteiger partial charge on any atom is -0.493 e. The number of benzene rings is 3. The smallest absolute Gasteiger partial charge is 0.184 e. The van der Waals surface area contributed by atoms with Crippen molar-refractivity contribution in [3.8, 4) is 23.0 Å². The Bertz CT molecular complexity index is 1180. The Morgan fingerprint density at radius 3 is 2.59 bits per heavy atom. The van der Waals surface area contributed by atoms with E-state index in [2.05, 4.69) is 17.0 Å². The van der Waals surface area contributed by atoms with Gasteiger partial charge in [-0.15, -0.1) is 0 Å². The maximum atomic E-state index is 10.9. The van der Waals surface area contributed by atoms with Gasteiger partial charge < -0.3 is 18.4 Å². The van der Waals surface area contributed by atoms with Crippen LogP contribution in [0.4, 0.5) is 0 Å². The van der Waals surface area contributed by atoms with Crippen LogP contribution in [0, 0.1) is 0 Å². The Labute approximate surface area is 204 Å². The highest BCUT2D eigenvalue weighted by atomic mass is 32.2. The molecular weight excluding hydrogens is 450 g/mol.